The Bertz CT molecular complexity index is 458. The molecule has 0 aliphatic rings. The first-order valence-electron chi connectivity index (χ1n) is 6.26. The third kappa shape index (κ3) is 4.99. The molecule has 1 aromatic carbocycles. The summed E-state index contributed by atoms with van der Waals surface area (Å²) in [6.45, 7) is 5.34. The molecular formula is C14H20N2O3. The number of phenolic OH excluding ortho intramolecular Hbond substituents is 1. The molecule has 1 unspecified atom stereocenters. The van der Waals surface area contributed by atoms with Crippen LogP contribution in [0.25, 0.3) is 0 Å². The van der Waals surface area contributed by atoms with Gasteiger partial charge < -0.3 is 15.7 Å². The number of amides is 2. The molecule has 1 aromatic rings. The van der Waals surface area contributed by atoms with Crippen LogP contribution in [0.5, 0.6) is 5.75 Å². The normalized spacial score (nSPS) is 12.0. The van der Waals surface area contributed by atoms with Crippen LogP contribution >= 0.6 is 0 Å². The second kappa shape index (κ2) is 6.78. The molecule has 0 spiro atoms. The number of carbonyl (C=O) groups excluding carboxylic acids is 2. The van der Waals surface area contributed by atoms with E-state index in [1.807, 2.05) is 13.8 Å². The van der Waals surface area contributed by atoms with Crippen molar-refractivity contribution in [1.82, 2.24) is 10.6 Å². The second-order valence-corrected chi connectivity index (χ2v) is 4.76. The van der Waals surface area contributed by atoms with E-state index in [4.69, 9.17) is 0 Å². The van der Waals surface area contributed by atoms with Crippen molar-refractivity contribution in [1.29, 1.82) is 0 Å². The van der Waals surface area contributed by atoms with Crippen LogP contribution in [0.2, 0.25) is 0 Å². The lowest BCUT2D eigenvalue weighted by Crippen LogP contribution is -2.47. The maximum absolute atomic E-state index is 11.8. The molecule has 5 heteroatoms. The van der Waals surface area contributed by atoms with Crippen molar-refractivity contribution < 1.29 is 14.7 Å². The van der Waals surface area contributed by atoms with Gasteiger partial charge in [0.1, 0.15) is 11.8 Å². The molecule has 19 heavy (non-hydrogen) atoms. The number of hydrogen-bond donors (Lipinski definition) is 3. The summed E-state index contributed by atoms with van der Waals surface area (Å²) < 4.78 is 0. The first-order valence-corrected chi connectivity index (χ1v) is 6.26. The van der Waals surface area contributed by atoms with E-state index in [0.29, 0.717) is 5.56 Å². The van der Waals surface area contributed by atoms with Gasteiger partial charge in [-0.1, -0.05) is 18.2 Å². The van der Waals surface area contributed by atoms with Crippen molar-refractivity contribution in [3.05, 3.63) is 29.8 Å². The molecule has 0 aliphatic carbocycles. The minimum absolute atomic E-state index is 0.0324. The predicted molar refractivity (Wildman–Crippen MR) is 72.7 cm³/mol. The van der Waals surface area contributed by atoms with Crippen LogP contribution < -0.4 is 10.6 Å². The van der Waals surface area contributed by atoms with E-state index in [-0.39, 0.29) is 30.0 Å². The number of carbonyl (C=O) groups is 2. The van der Waals surface area contributed by atoms with Gasteiger partial charge in [0.05, 0.1) is 6.42 Å². The highest BCUT2D eigenvalue weighted by molar-refractivity contribution is 5.88. The quantitative estimate of drug-likeness (QED) is 0.741. The summed E-state index contributed by atoms with van der Waals surface area (Å²) in [6.07, 6.45) is 0.0476. The molecule has 0 saturated heterocycles. The summed E-state index contributed by atoms with van der Waals surface area (Å²) in [5, 5.41) is 14.9. The van der Waals surface area contributed by atoms with Crippen molar-refractivity contribution >= 4 is 11.8 Å². The molecule has 1 atom stereocenters. The van der Waals surface area contributed by atoms with Crippen molar-refractivity contribution in [3.63, 3.8) is 0 Å². The number of nitrogens with one attached hydrogen (secondary N) is 2. The highest BCUT2D eigenvalue weighted by atomic mass is 16.3. The fourth-order valence-corrected chi connectivity index (χ4v) is 1.60. The summed E-state index contributed by atoms with van der Waals surface area (Å²) in [6, 6.07) is 6.07. The molecule has 0 saturated carbocycles. The number of hydrogen-bond acceptors (Lipinski definition) is 3. The van der Waals surface area contributed by atoms with E-state index in [9.17, 15) is 14.7 Å². The zero-order chi connectivity index (χ0) is 14.4. The van der Waals surface area contributed by atoms with E-state index in [1.165, 1.54) is 6.07 Å². The first kappa shape index (κ1) is 15.0. The Morgan fingerprint density at radius 2 is 1.79 bits per heavy atom. The largest absolute Gasteiger partial charge is 0.508 e. The van der Waals surface area contributed by atoms with Crippen LogP contribution in [-0.2, 0) is 16.0 Å². The summed E-state index contributed by atoms with van der Waals surface area (Å²) in [4.78, 5) is 23.4. The molecule has 5 nitrogen and oxygen atoms in total. The van der Waals surface area contributed by atoms with Gasteiger partial charge in [-0.2, -0.15) is 0 Å². The minimum atomic E-state index is -0.597. The van der Waals surface area contributed by atoms with E-state index in [2.05, 4.69) is 10.6 Å². The molecule has 3 N–H and O–H groups in total. The van der Waals surface area contributed by atoms with Gasteiger partial charge in [0, 0.05) is 11.6 Å². The highest BCUT2D eigenvalue weighted by Gasteiger charge is 2.16. The third-order valence-electron chi connectivity index (χ3n) is 2.54. The van der Waals surface area contributed by atoms with Gasteiger partial charge in [0.15, 0.2) is 0 Å². The predicted octanol–water partition coefficient (Wildman–Crippen LogP) is 0.964. The molecule has 0 heterocycles. The average molecular weight is 264 g/mol. The smallest absolute Gasteiger partial charge is 0.242 e. The summed E-state index contributed by atoms with van der Waals surface area (Å²) >= 11 is 0. The maximum Gasteiger partial charge on any atom is 0.242 e. The van der Waals surface area contributed by atoms with Crippen molar-refractivity contribution in [2.45, 2.75) is 39.3 Å². The van der Waals surface area contributed by atoms with Crippen LogP contribution in [-0.4, -0.2) is 29.0 Å². The van der Waals surface area contributed by atoms with Crippen LogP contribution in [0, 0.1) is 0 Å². The Balaban J connectivity index is 2.52. The van der Waals surface area contributed by atoms with Crippen molar-refractivity contribution in [2.24, 2.45) is 0 Å². The van der Waals surface area contributed by atoms with Crippen LogP contribution in [0.4, 0.5) is 0 Å². The molecule has 2 amide bonds. The van der Waals surface area contributed by atoms with Gasteiger partial charge >= 0.3 is 0 Å². The summed E-state index contributed by atoms with van der Waals surface area (Å²) in [5.41, 5.74) is 0.538. The molecule has 0 aromatic heterocycles. The maximum atomic E-state index is 11.8. The van der Waals surface area contributed by atoms with Gasteiger partial charge in [-0.25, -0.2) is 0 Å². The van der Waals surface area contributed by atoms with Gasteiger partial charge in [-0.3, -0.25) is 9.59 Å². The molecule has 0 fully saturated rings. The van der Waals surface area contributed by atoms with E-state index < -0.39 is 6.04 Å². The highest BCUT2D eigenvalue weighted by Crippen LogP contribution is 2.15. The zero-order valence-corrected chi connectivity index (χ0v) is 11.4. The SMILES string of the molecule is CC(C)NC(=O)C(C)NC(=O)Cc1ccccc1O. The van der Waals surface area contributed by atoms with Crippen LogP contribution in [0.3, 0.4) is 0 Å². The Morgan fingerprint density at radius 3 is 2.37 bits per heavy atom. The molecule has 0 aliphatic heterocycles. The van der Waals surface area contributed by atoms with Crippen LogP contribution in [0.15, 0.2) is 24.3 Å². The molecule has 1 rings (SSSR count). The van der Waals surface area contributed by atoms with Crippen LogP contribution in [0.1, 0.15) is 26.3 Å². The lowest BCUT2D eigenvalue weighted by molar-refractivity contribution is -0.128. The Kier molecular flexibility index (Phi) is 5.36. The van der Waals surface area contributed by atoms with Gasteiger partial charge in [0.25, 0.3) is 0 Å². The van der Waals surface area contributed by atoms with E-state index in [1.54, 1.807) is 25.1 Å². The number of para-hydroxylation sites is 1. The summed E-state index contributed by atoms with van der Waals surface area (Å²) in [5.74, 6) is -0.439. The van der Waals surface area contributed by atoms with Gasteiger partial charge in [-0.05, 0) is 26.8 Å². The van der Waals surface area contributed by atoms with E-state index >= 15 is 0 Å². The van der Waals surface area contributed by atoms with E-state index in [0.717, 1.165) is 0 Å². The number of benzene rings is 1. The lowest BCUT2D eigenvalue weighted by atomic mass is 10.1. The molecular weight excluding hydrogens is 244 g/mol. The monoisotopic (exact) mass is 264 g/mol. The fraction of sp³-hybridized carbons (Fsp3) is 0.429. The lowest BCUT2D eigenvalue weighted by Gasteiger charge is -2.16. The standard InChI is InChI=1S/C14H20N2O3/c1-9(2)15-14(19)10(3)16-13(18)8-11-6-4-5-7-12(11)17/h4-7,9-10,17H,8H2,1-3H3,(H,15,19)(H,16,18). The molecule has 104 valence electrons. The van der Waals surface area contributed by atoms with Crippen molar-refractivity contribution in [2.75, 3.05) is 0 Å². The topological polar surface area (TPSA) is 78.4 Å². The third-order valence-corrected chi connectivity index (χ3v) is 2.54. The summed E-state index contributed by atoms with van der Waals surface area (Å²) in [7, 11) is 0. The fourth-order valence-electron chi connectivity index (χ4n) is 1.60. The Morgan fingerprint density at radius 1 is 1.16 bits per heavy atom. The number of rotatable bonds is 5. The molecule has 0 radical (unpaired) electrons. The first-order chi connectivity index (χ1) is 8.90. The second-order valence-electron chi connectivity index (χ2n) is 4.76. The Hall–Kier alpha value is -2.04. The number of phenols is 1. The average Bonchev–Trinajstić information content (AvgIpc) is 2.31. The van der Waals surface area contributed by atoms with Gasteiger partial charge in [0.2, 0.25) is 11.8 Å². The minimum Gasteiger partial charge on any atom is -0.508 e. The molecule has 0 bridgehead atoms. The number of aromatic hydroxyl groups is 1. The van der Waals surface area contributed by atoms with Gasteiger partial charge in [-0.15, -0.1) is 0 Å². The Labute approximate surface area is 113 Å². The zero-order valence-electron chi connectivity index (χ0n) is 11.4. The van der Waals surface area contributed by atoms with Crippen molar-refractivity contribution in [3.8, 4) is 5.75 Å².